The Balaban J connectivity index is 6.65. The maximum Gasteiger partial charge on any atom is 0.729 e. The molecule has 0 N–H and O–H groups in total. The molecule has 0 amide bonds. The summed E-state index contributed by atoms with van der Waals surface area (Å²) in [6.45, 7) is 0. The van der Waals surface area contributed by atoms with Crippen LogP contribution in [0.15, 0.2) is 0 Å². The minimum absolute atomic E-state index is 0.534. The molecule has 0 saturated carbocycles. The van der Waals surface area contributed by atoms with Crippen molar-refractivity contribution in [2.45, 2.75) is 60.1 Å². The average molecular weight is 601 g/mol. The number of hydrogen-bond donors (Lipinski definition) is 0. The van der Waals surface area contributed by atoms with E-state index in [2.05, 4.69) is 13.3 Å². The predicted octanol–water partition coefficient (Wildman–Crippen LogP) is 5.82. The van der Waals surface area contributed by atoms with Gasteiger partial charge in [-0.1, -0.05) is 0 Å². The highest BCUT2D eigenvalue weighted by Gasteiger charge is 2.95. The van der Waals surface area contributed by atoms with Crippen LogP contribution in [-0.2, 0) is 13.3 Å². The van der Waals surface area contributed by atoms with E-state index in [0.717, 1.165) is 0 Å². The van der Waals surface area contributed by atoms with Gasteiger partial charge in [-0.05, 0) is 0 Å². The molecule has 0 aromatic rings. The van der Waals surface area contributed by atoms with Crippen LogP contribution in [0.1, 0.15) is 6.42 Å². The monoisotopic (exact) mass is 601 g/mol. The summed E-state index contributed by atoms with van der Waals surface area (Å²) in [4.78, 5) is 0. The van der Waals surface area contributed by atoms with Crippen molar-refractivity contribution in [2.75, 3.05) is 0 Å². The van der Waals surface area contributed by atoms with Gasteiger partial charge in [-0.15, -0.1) is 0 Å². The molecule has 0 aliphatic rings. The fourth-order valence-corrected chi connectivity index (χ4v) is 3.56. The molecule has 212 valence electrons. The summed E-state index contributed by atoms with van der Waals surface area (Å²) in [5, 5.41) is 24.9. The number of hydrogen-bond acceptors (Lipinski definition) is 6. The predicted molar refractivity (Wildman–Crippen MR) is 76.0 cm³/mol. The zero-order valence-electron chi connectivity index (χ0n) is 16.4. The molecule has 0 unspecified atom stereocenters. The first kappa shape index (κ1) is 33.9. The molecule has 0 saturated heterocycles. The largest absolute Gasteiger partial charge is 0.729 e. The maximum atomic E-state index is 13.9. The summed E-state index contributed by atoms with van der Waals surface area (Å²) in [6, 6.07) is -2.23. The smallest absolute Gasteiger partial charge is 0.412 e. The standard InChI is InChI=1S/C13H4F17N3O3Si/c14-6(15,1-2-37(34-3-31,35-4-32)36-5-33)7(16,17)8(18,19)9(20,21)10(22,23)11(24,25)12(26,27)13(28,29)30/h1-2H2. The molecule has 0 heterocycles. The van der Waals surface area contributed by atoms with Gasteiger partial charge in [-0.2, -0.15) is 90.4 Å². The molecule has 0 aliphatic heterocycles. The maximum absolute atomic E-state index is 13.9. The summed E-state index contributed by atoms with van der Waals surface area (Å²) in [6.07, 6.45) is -9.37. The van der Waals surface area contributed by atoms with Gasteiger partial charge in [0.05, 0.1) is 6.04 Å². The Hall–Kier alpha value is -3.10. The van der Waals surface area contributed by atoms with Crippen molar-refractivity contribution in [2.24, 2.45) is 0 Å². The highest BCUT2D eigenvalue weighted by atomic mass is 28.4. The third-order valence-electron chi connectivity index (χ3n) is 4.14. The van der Waals surface area contributed by atoms with Crippen molar-refractivity contribution >= 4 is 8.80 Å². The van der Waals surface area contributed by atoms with Crippen LogP contribution in [0.2, 0.25) is 6.04 Å². The molecule has 0 aliphatic carbocycles. The molecule has 37 heavy (non-hydrogen) atoms. The van der Waals surface area contributed by atoms with Crippen molar-refractivity contribution in [3.8, 4) is 18.8 Å². The Bertz CT molecular complexity index is 922. The molecule has 0 rings (SSSR count). The van der Waals surface area contributed by atoms with E-state index in [1.165, 1.54) is 0 Å². The quantitative estimate of drug-likeness (QED) is 0.159. The molecule has 0 atom stereocenters. The molecule has 0 radical (unpaired) electrons. The Labute approximate surface area is 192 Å². The van der Waals surface area contributed by atoms with Crippen LogP contribution in [0.25, 0.3) is 0 Å². The molecule has 0 spiro atoms. The summed E-state index contributed by atoms with van der Waals surface area (Å²) < 4.78 is 236. The van der Waals surface area contributed by atoms with Crippen molar-refractivity contribution in [3.05, 3.63) is 0 Å². The van der Waals surface area contributed by atoms with E-state index >= 15 is 0 Å². The van der Waals surface area contributed by atoms with Gasteiger partial charge in [-0.25, -0.2) is 0 Å². The molecule has 6 nitrogen and oxygen atoms in total. The fourth-order valence-electron chi connectivity index (χ4n) is 2.09. The van der Waals surface area contributed by atoms with Gasteiger partial charge < -0.3 is 13.3 Å². The molecule has 0 fully saturated rings. The zero-order valence-corrected chi connectivity index (χ0v) is 17.4. The van der Waals surface area contributed by atoms with Crippen LogP contribution in [0, 0.1) is 34.6 Å². The second kappa shape index (κ2) is 9.65. The van der Waals surface area contributed by atoms with E-state index in [-0.39, 0.29) is 0 Å². The topological polar surface area (TPSA) is 99.1 Å². The Kier molecular flexibility index (Phi) is 8.84. The second-order valence-corrected chi connectivity index (χ2v) is 8.89. The summed E-state index contributed by atoms with van der Waals surface area (Å²) >= 11 is 0. The lowest BCUT2D eigenvalue weighted by atomic mass is 9.88. The minimum Gasteiger partial charge on any atom is -0.412 e. The average Bonchev–Trinajstić information content (AvgIpc) is 2.71. The van der Waals surface area contributed by atoms with Crippen molar-refractivity contribution in [3.63, 3.8) is 0 Å². The van der Waals surface area contributed by atoms with Crippen LogP contribution in [0.5, 0.6) is 0 Å². The third-order valence-corrected chi connectivity index (χ3v) is 6.20. The third kappa shape index (κ3) is 5.05. The highest BCUT2D eigenvalue weighted by Crippen LogP contribution is 2.64. The number of alkyl halides is 17. The van der Waals surface area contributed by atoms with Crippen LogP contribution < -0.4 is 0 Å². The van der Waals surface area contributed by atoms with Crippen LogP contribution in [0.4, 0.5) is 74.6 Å². The van der Waals surface area contributed by atoms with Crippen LogP contribution in [0.3, 0.4) is 0 Å². The van der Waals surface area contributed by atoms with Crippen molar-refractivity contribution in [1.82, 2.24) is 0 Å². The van der Waals surface area contributed by atoms with E-state index < -0.39 is 68.9 Å². The molecular weight excluding hydrogens is 597 g/mol. The van der Waals surface area contributed by atoms with Gasteiger partial charge >= 0.3 is 56.4 Å². The molecule has 24 heteroatoms. The Morgan fingerprint density at radius 2 is 0.730 bits per heavy atom. The van der Waals surface area contributed by atoms with Gasteiger partial charge in [0.2, 0.25) is 0 Å². The highest BCUT2D eigenvalue weighted by molar-refractivity contribution is 6.61. The van der Waals surface area contributed by atoms with Gasteiger partial charge in [0.25, 0.3) is 18.8 Å². The zero-order chi connectivity index (χ0) is 30.2. The Morgan fingerprint density at radius 3 is 1.00 bits per heavy atom. The lowest BCUT2D eigenvalue weighted by molar-refractivity contribution is -0.461. The van der Waals surface area contributed by atoms with Gasteiger partial charge in [0, 0.05) is 6.42 Å². The molecule has 0 aromatic heterocycles. The van der Waals surface area contributed by atoms with E-state index in [9.17, 15) is 74.6 Å². The molecular formula is C13H4F17N3O3Si. The lowest BCUT2D eigenvalue weighted by Crippen LogP contribution is -2.74. The van der Waals surface area contributed by atoms with Crippen LogP contribution in [-0.4, -0.2) is 56.4 Å². The fraction of sp³-hybridized carbons (Fsp3) is 0.769. The first-order valence-electron chi connectivity index (χ1n) is 8.07. The second-order valence-electron chi connectivity index (χ2n) is 6.41. The number of halogens is 17. The summed E-state index contributed by atoms with van der Waals surface area (Å²) in [5.74, 6) is -57.8. The first-order valence-corrected chi connectivity index (χ1v) is 10.00. The minimum atomic E-state index is -8.78. The SMILES string of the molecule is N#CO[Si](CCC(F)(F)C(F)(F)C(F)(F)C(F)(F)C(F)(F)C(F)(F)C(F)(F)C(F)(F)F)(OC#N)OC#N. The van der Waals surface area contributed by atoms with E-state index in [4.69, 9.17) is 15.8 Å². The Morgan fingerprint density at radius 1 is 0.459 bits per heavy atom. The van der Waals surface area contributed by atoms with E-state index in [1.54, 1.807) is 0 Å². The lowest BCUT2D eigenvalue weighted by Gasteiger charge is -2.42. The van der Waals surface area contributed by atoms with Crippen molar-refractivity contribution < 1.29 is 87.9 Å². The summed E-state index contributed by atoms with van der Waals surface area (Å²) in [5.41, 5.74) is 0. The first-order chi connectivity index (χ1) is 16.1. The van der Waals surface area contributed by atoms with E-state index in [1.807, 2.05) is 0 Å². The van der Waals surface area contributed by atoms with Gasteiger partial charge in [0.1, 0.15) is 0 Å². The van der Waals surface area contributed by atoms with Crippen molar-refractivity contribution in [1.29, 1.82) is 15.8 Å². The van der Waals surface area contributed by atoms with Gasteiger partial charge in [0.15, 0.2) is 0 Å². The normalized spacial score (nSPS) is 14.8. The number of nitrogens with zero attached hydrogens (tertiary/aromatic N) is 3. The molecule has 0 aromatic carbocycles. The number of nitriles is 3. The summed E-state index contributed by atoms with van der Waals surface area (Å²) in [7, 11) is -5.52. The van der Waals surface area contributed by atoms with Crippen LogP contribution >= 0.6 is 0 Å². The molecule has 0 bridgehead atoms. The number of rotatable bonds is 12. The van der Waals surface area contributed by atoms with E-state index in [0.29, 0.717) is 18.8 Å². The van der Waals surface area contributed by atoms with Gasteiger partial charge in [-0.3, -0.25) is 0 Å².